The molecule has 2 aromatic rings. The number of hydrogen-bond donors (Lipinski definition) is 1. The van der Waals surface area contributed by atoms with Crippen LogP contribution in [0.4, 0.5) is 0 Å². The number of rotatable bonds is 5. The monoisotopic (exact) mass is 243 g/mol. The average Bonchev–Trinajstić information content (AvgIpc) is 2.38. The van der Waals surface area contributed by atoms with Gasteiger partial charge in [-0.15, -0.1) is 0 Å². The smallest absolute Gasteiger partial charge is 0.0792 e. The zero-order valence-electron chi connectivity index (χ0n) is 11.1. The maximum absolute atomic E-state index is 10.3. The number of benzene rings is 1. The minimum absolute atomic E-state index is 0.365. The van der Waals surface area contributed by atoms with Crippen LogP contribution in [0.25, 0.3) is 10.9 Å². The van der Waals surface area contributed by atoms with Gasteiger partial charge < -0.3 is 5.11 Å². The van der Waals surface area contributed by atoms with Gasteiger partial charge in [-0.05, 0) is 36.1 Å². The van der Waals surface area contributed by atoms with E-state index < -0.39 is 0 Å². The van der Waals surface area contributed by atoms with Crippen LogP contribution >= 0.6 is 0 Å². The SMILES string of the molecule is CCCC(C)CC(O)c1ccc2ncccc2c1. The summed E-state index contributed by atoms with van der Waals surface area (Å²) in [6, 6.07) is 9.98. The lowest BCUT2D eigenvalue weighted by molar-refractivity contribution is 0.145. The first kappa shape index (κ1) is 13.0. The molecule has 96 valence electrons. The highest BCUT2D eigenvalue weighted by molar-refractivity contribution is 5.78. The predicted octanol–water partition coefficient (Wildman–Crippen LogP) is 4.09. The first-order chi connectivity index (χ1) is 8.70. The highest BCUT2D eigenvalue weighted by Crippen LogP contribution is 2.25. The van der Waals surface area contributed by atoms with E-state index in [1.807, 2.05) is 30.3 Å². The zero-order chi connectivity index (χ0) is 13.0. The number of aromatic nitrogens is 1. The molecule has 2 unspecified atom stereocenters. The van der Waals surface area contributed by atoms with Gasteiger partial charge >= 0.3 is 0 Å². The van der Waals surface area contributed by atoms with E-state index in [-0.39, 0.29) is 6.10 Å². The van der Waals surface area contributed by atoms with Crippen molar-refractivity contribution >= 4 is 10.9 Å². The van der Waals surface area contributed by atoms with Crippen LogP contribution < -0.4 is 0 Å². The molecule has 1 aromatic heterocycles. The van der Waals surface area contributed by atoms with Gasteiger partial charge in [-0.3, -0.25) is 4.98 Å². The molecule has 0 radical (unpaired) electrons. The van der Waals surface area contributed by atoms with Gasteiger partial charge in [0.2, 0.25) is 0 Å². The Bertz CT molecular complexity index is 509. The molecule has 2 atom stereocenters. The number of pyridine rings is 1. The van der Waals surface area contributed by atoms with E-state index in [1.54, 1.807) is 6.20 Å². The summed E-state index contributed by atoms with van der Waals surface area (Å²) < 4.78 is 0. The van der Waals surface area contributed by atoms with E-state index in [4.69, 9.17) is 0 Å². The molecule has 0 aliphatic carbocycles. The highest BCUT2D eigenvalue weighted by atomic mass is 16.3. The van der Waals surface area contributed by atoms with Gasteiger partial charge in [-0.1, -0.05) is 38.8 Å². The van der Waals surface area contributed by atoms with E-state index >= 15 is 0 Å². The van der Waals surface area contributed by atoms with Crippen LogP contribution in [0.15, 0.2) is 36.5 Å². The first-order valence-corrected chi connectivity index (χ1v) is 6.73. The highest BCUT2D eigenvalue weighted by Gasteiger charge is 2.12. The van der Waals surface area contributed by atoms with Gasteiger partial charge in [0.1, 0.15) is 0 Å². The summed E-state index contributed by atoms with van der Waals surface area (Å²) in [6.45, 7) is 4.39. The second kappa shape index (κ2) is 5.96. The second-order valence-electron chi connectivity index (χ2n) is 5.10. The number of aliphatic hydroxyl groups is 1. The standard InChI is InChI=1S/C16H21NO/c1-3-5-12(2)10-16(18)14-7-8-15-13(11-14)6-4-9-17-15/h4,6-9,11-12,16,18H,3,5,10H2,1-2H3. The molecule has 0 fully saturated rings. The average molecular weight is 243 g/mol. The number of hydrogen-bond acceptors (Lipinski definition) is 2. The van der Waals surface area contributed by atoms with Crippen molar-refractivity contribution in [2.75, 3.05) is 0 Å². The maximum atomic E-state index is 10.3. The maximum Gasteiger partial charge on any atom is 0.0792 e. The number of nitrogens with zero attached hydrogens (tertiary/aromatic N) is 1. The molecule has 1 aromatic carbocycles. The van der Waals surface area contributed by atoms with Crippen LogP contribution in [0, 0.1) is 5.92 Å². The quantitative estimate of drug-likeness (QED) is 0.857. The van der Waals surface area contributed by atoms with Crippen molar-refractivity contribution in [2.24, 2.45) is 5.92 Å². The summed E-state index contributed by atoms with van der Waals surface area (Å²) in [7, 11) is 0. The molecule has 0 amide bonds. The molecule has 0 aliphatic heterocycles. The van der Waals surface area contributed by atoms with Crippen molar-refractivity contribution in [3.8, 4) is 0 Å². The number of aliphatic hydroxyl groups excluding tert-OH is 1. The lowest BCUT2D eigenvalue weighted by Crippen LogP contribution is -2.04. The van der Waals surface area contributed by atoms with Crippen LogP contribution in [0.3, 0.4) is 0 Å². The van der Waals surface area contributed by atoms with Crippen molar-refractivity contribution in [3.05, 3.63) is 42.1 Å². The Labute approximate surface area is 109 Å². The fraction of sp³-hybridized carbons (Fsp3) is 0.438. The molecule has 2 nitrogen and oxygen atoms in total. The first-order valence-electron chi connectivity index (χ1n) is 6.73. The number of fused-ring (bicyclic) bond motifs is 1. The Morgan fingerprint density at radius 1 is 1.28 bits per heavy atom. The van der Waals surface area contributed by atoms with Crippen LogP contribution in [-0.4, -0.2) is 10.1 Å². The fourth-order valence-electron chi connectivity index (χ4n) is 2.43. The third-order valence-corrected chi connectivity index (χ3v) is 3.42. The van der Waals surface area contributed by atoms with Crippen molar-refractivity contribution in [3.63, 3.8) is 0 Å². The minimum Gasteiger partial charge on any atom is -0.388 e. The lowest BCUT2D eigenvalue weighted by atomic mass is 9.94. The fourth-order valence-corrected chi connectivity index (χ4v) is 2.43. The molecule has 0 saturated carbocycles. The van der Waals surface area contributed by atoms with E-state index in [0.717, 1.165) is 22.9 Å². The molecule has 0 spiro atoms. The molecule has 0 aliphatic rings. The molecule has 1 N–H and O–H groups in total. The van der Waals surface area contributed by atoms with Crippen molar-refractivity contribution in [2.45, 2.75) is 39.2 Å². The summed E-state index contributed by atoms with van der Waals surface area (Å²) in [5.41, 5.74) is 1.98. The van der Waals surface area contributed by atoms with E-state index in [1.165, 1.54) is 12.8 Å². The third-order valence-electron chi connectivity index (χ3n) is 3.42. The van der Waals surface area contributed by atoms with Crippen LogP contribution in [0.2, 0.25) is 0 Å². The zero-order valence-corrected chi connectivity index (χ0v) is 11.1. The van der Waals surface area contributed by atoms with Gasteiger partial charge in [-0.2, -0.15) is 0 Å². The van der Waals surface area contributed by atoms with Gasteiger partial charge in [0.15, 0.2) is 0 Å². The third kappa shape index (κ3) is 3.08. The van der Waals surface area contributed by atoms with Gasteiger partial charge in [0.25, 0.3) is 0 Å². The lowest BCUT2D eigenvalue weighted by Gasteiger charge is -2.16. The minimum atomic E-state index is -0.365. The summed E-state index contributed by atoms with van der Waals surface area (Å²) in [6.07, 6.45) is 4.61. The van der Waals surface area contributed by atoms with Crippen molar-refractivity contribution < 1.29 is 5.11 Å². The summed E-state index contributed by atoms with van der Waals surface area (Å²) >= 11 is 0. The van der Waals surface area contributed by atoms with Crippen molar-refractivity contribution in [1.82, 2.24) is 4.98 Å². The Kier molecular flexibility index (Phi) is 4.32. The molecule has 0 bridgehead atoms. The second-order valence-corrected chi connectivity index (χ2v) is 5.10. The van der Waals surface area contributed by atoms with Crippen LogP contribution in [0.5, 0.6) is 0 Å². The Morgan fingerprint density at radius 3 is 2.89 bits per heavy atom. The molecule has 2 heteroatoms. The summed E-state index contributed by atoms with van der Waals surface area (Å²) in [5, 5.41) is 11.4. The topological polar surface area (TPSA) is 33.1 Å². The van der Waals surface area contributed by atoms with Gasteiger partial charge in [-0.25, -0.2) is 0 Å². The Balaban J connectivity index is 2.15. The van der Waals surface area contributed by atoms with E-state index in [0.29, 0.717) is 5.92 Å². The summed E-state index contributed by atoms with van der Waals surface area (Å²) in [5.74, 6) is 0.564. The van der Waals surface area contributed by atoms with Gasteiger partial charge in [0.05, 0.1) is 11.6 Å². The van der Waals surface area contributed by atoms with Gasteiger partial charge in [0, 0.05) is 11.6 Å². The summed E-state index contributed by atoms with van der Waals surface area (Å²) in [4.78, 5) is 4.29. The van der Waals surface area contributed by atoms with E-state index in [2.05, 4.69) is 18.8 Å². The molecule has 1 heterocycles. The van der Waals surface area contributed by atoms with Crippen molar-refractivity contribution in [1.29, 1.82) is 0 Å². The normalized spacial score (nSPS) is 14.6. The Morgan fingerprint density at radius 2 is 2.11 bits per heavy atom. The van der Waals surface area contributed by atoms with Crippen LogP contribution in [0.1, 0.15) is 44.8 Å². The molecular formula is C16H21NO. The largest absolute Gasteiger partial charge is 0.388 e. The molecule has 18 heavy (non-hydrogen) atoms. The molecule has 0 saturated heterocycles. The van der Waals surface area contributed by atoms with Crippen LogP contribution in [-0.2, 0) is 0 Å². The van der Waals surface area contributed by atoms with E-state index in [9.17, 15) is 5.11 Å². The molecule has 2 rings (SSSR count). The molecular weight excluding hydrogens is 222 g/mol. The Hall–Kier alpha value is -1.41. The predicted molar refractivity (Wildman–Crippen MR) is 75.4 cm³/mol.